The highest BCUT2D eigenvalue weighted by molar-refractivity contribution is 7.93. The van der Waals surface area contributed by atoms with E-state index in [9.17, 15) is 22.8 Å². The second kappa shape index (κ2) is 12.5. The Bertz CT molecular complexity index is 1650. The maximum Gasteiger partial charge on any atom is 0.416 e. The molecule has 10 nitrogen and oxygen atoms in total. The molecule has 0 radical (unpaired) electrons. The number of carbonyl (C=O) groups is 3. The number of hydrogen-bond donors (Lipinski definition) is 0. The molecule has 3 aliphatic rings. The summed E-state index contributed by atoms with van der Waals surface area (Å²) in [5.41, 5.74) is 2.63. The van der Waals surface area contributed by atoms with Crippen LogP contribution in [0.2, 0.25) is 16.6 Å². The molecule has 2 aromatic rings. The molecule has 46 heavy (non-hydrogen) atoms. The minimum atomic E-state index is -4.32. The normalized spacial score (nSPS) is 21.5. The number of methoxy groups -OCH3 is 2. The minimum absolute atomic E-state index is 0.0120. The van der Waals surface area contributed by atoms with Crippen LogP contribution in [-0.2, 0) is 29.1 Å². The summed E-state index contributed by atoms with van der Waals surface area (Å²) in [5.74, 6) is -3.03. The number of nitrogens with zero attached hydrogens (tertiary/aromatic N) is 2. The molecule has 3 atom stereocenters. The molecule has 2 heterocycles. The zero-order chi connectivity index (χ0) is 33.7. The minimum Gasteiger partial charge on any atom is -0.497 e. The lowest BCUT2D eigenvalue weighted by atomic mass is 9.74. The van der Waals surface area contributed by atoms with Gasteiger partial charge in [0.15, 0.2) is 0 Å². The summed E-state index contributed by atoms with van der Waals surface area (Å²) in [7, 11) is -4.09. The number of sulfonamides is 1. The third-order valence-corrected chi connectivity index (χ3v) is 19.4. The Labute approximate surface area is 272 Å². The number of cyclic esters (lactones) is 1. The Morgan fingerprint density at radius 2 is 1.54 bits per heavy atom. The van der Waals surface area contributed by atoms with Crippen molar-refractivity contribution in [1.82, 2.24) is 4.90 Å². The number of para-hydroxylation sites is 1. The third-order valence-electron chi connectivity index (χ3n) is 10.3. The van der Waals surface area contributed by atoms with E-state index in [1.807, 2.05) is 12.1 Å². The van der Waals surface area contributed by atoms with Crippen molar-refractivity contribution in [2.24, 2.45) is 11.8 Å². The topological polar surface area (TPSA) is 120 Å². The zero-order valence-corrected chi connectivity index (χ0v) is 29.6. The van der Waals surface area contributed by atoms with Gasteiger partial charge in [-0.25, -0.2) is 18.1 Å². The van der Waals surface area contributed by atoms with Gasteiger partial charge in [-0.05, 0) is 58.9 Å². The summed E-state index contributed by atoms with van der Waals surface area (Å²) >= 11 is 0. The van der Waals surface area contributed by atoms with Crippen molar-refractivity contribution in [2.45, 2.75) is 75.5 Å². The number of hydrogen-bond acceptors (Lipinski definition) is 8. The van der Waals surface area contributed by atoms with Gasteiger partial charge < -0.3 is 14.2 Å². The number of rotatable bonds is 9. The number of carbonyl (C=O) groups excluding carboxylic acids is 3. The van der Waals surface area contributed by atoms with Crippen LogP contribution in [0.25, 0.3) is 5.57 Å². The van der Waals surface area contributed by atoms with Gasteiger partial charge >= 0.3 is 12.1 Å². The van der Waals surface area contributed by atoms with Gasteiger partial charge in [-0.15, -0.1) is 0 Å². The Morgan fingerprint density at radius 3 is 2.07 bits per heavy atom. The largest absolute Gasteiger partial charge is 0.497 e. The fourth-order valence-corrected chi connectivity index (χ4v) is 17.8. The number of esters is 1. The predicted molar refractivity (Wildman–Crippen MR) is 178 cm³/mol. The van der Waals surface area contributed by atoms with E-state index in [1.165, 1.54) is 30.7 Å². The lowest BCUT2D eigenvalue weighted by Crippen LogP contribution is -2.58. The van der Waals surface area contributed by atoms with Crippen molar-refractivity contribution in [3.8, 4) is 5.75 Å². The van der Waals surface area contributed by atoms with E-state index in [0.29, 0.717) is 11.4 Å². The SMILES string of the molecule is COC(=O)[C@H]1CC([Si](C(C)C)(C(C)C)C(C)C)=C2c3ccccc3N(S(=O)(=O)c3ccc(OC)cc3)[C@H]2[C@@H]1C(=O)N1CCOC1=O. The van der Waals surface area contributed by atoms with Crippen LogP contribution in [0.15, 0.2) is 58.6 Å². The highest BCUT2D eigenvalue weighted by atomic mass is 32.2. The molecule has 2 amide bonds. The van der Waals surface area contributed by atoms with Crippen LogP contribution < -0.4 is 9.04 Å². The molecule has 0 spiro atoms. The van der Waals surface area contributed by atoms with Crippen LogP contribution in [0.5, 0.6) is 5.75 Å². The first-order valence-electron chi connectivity index (χ1n) is 15.8. The molecule has 2 aromatic carbocycles. The monoisotopic (exact) mass is 668 g/mol. The Kier molecular flexibility index (Phi) is 9.17. The predicted octanol–water partition coefficient (Wildman–Crippen LogP) is 6.03. The fourth-order valence-electron chi connectivity index (χ4n) is 8.72. The molecule has 0 bridgehead atoms. The van der Waals surface area contributed by atoms with E-state index >= 15 is 0 Å². The van der Waals surface area contributed by atoms with Crippen molar-refractivity contribution in [3.05, 3.63) is 59.3 Å². The summed E-state index contributed by atoms with van der Waals surface area (Å²) in [6, 6.07) is 12.3. The Balaban J connectivity index is 1.90. The maximum absolute atomic E-state index is 14.9. The number of ether oxygens (including phenoxy) is 3. The van der Waals surface area contributed by atoms with E-state index < -0.39 is 53.9 Å². The van der Waals surface area contributed by atoms with Gasteiger partial charge in [-0.1, -0.05) is 64.9 Å². The summed E-state index contributed by atoms with van der Waals surface area (Å²) in [6.07, 6.45) is -0.566. The molecule has 2 aliphatic heterocycles. The quantitative estimate of drug-likeness (QED) is 0.235. The fraction of sp³-hybridized carbons (Fsp3) is 0.500. The van der Waals surface area contributed by atoms with Crippen LogP contribution in [0.4, 0.5) is 10.5 Å². The van der Waals surface area contributed by atoms with E-state index in [1.54, 1.807) is 24.3 Å². The molecule has 0 aromatic heterocycles. The molecule has 0 N–H and O–H groups in total. The van der Waals surface area contributed by atoms with Crippen molar-refractivity contribution in [3.63, 3.8) is 0 Å². The van der Waals surface area contributed by atoms with Crippen LogP contribution in [-0.4, -0.2) is 72.8 Å². The number of anilines is 1. The van der Waals surface area contributed by atoms with Crippen LogP contribution >= 0.6 is 0 Å². The first kappa shape index (κ1) is 33.7. The maximum atomic E-state index is 14.9. The number of allylic oxidation sites excluding steroid dienone is 1. The van der Waals surface area contributed by atoms with Gasteiger partial charge in [0.25, 0.3) is 10.0 Å². The van der Waals surface area contributed by atoms with Crippen molar-refractivity contribution < 1.29 is 37.0 Å². The van der Waals surface area contributed by atoms with Crippen LogP contribution in [0.3, 0.4) is 0 Å². The summed E-state index contributed by atoms with van der Waals surface area (Å²) < 4.78 is 46.8. The Morgan fingerprint density at radius 1 is 0.935 bits per heavy atom. The lowest BCUT2D eigenvalue weighted by molar-refractivity contribution is -0.152. The summed E-state index contributed by atoms with van der Waals surface area (Å²) in [6.45, 7) is 13.3. The average molecular weight is 669 g/mol. The van der Waals surface area contributed by atoms with Gasteiger partial charge in [0, 0.05) is 5.56 Å². The molecule has 248 valence electrons. The van der Waals surface area contributed by atoms with Gasteiger partial charge in [0.05, 0.1) is 57.3 Å². The highest BCUT2D eigenvalue weighted by Crippen LogP contribution is 2.59. The van der Waals surface area contributed by atoms with Crippen molar-refractivity contribution in [1.29, 1.82) is 0 Å². The van der Waals surface area contributed by atoms with E-state index in [4.69, 9.17) is 14.2 Å². The van der Waals surface area contributed by atoms with Crippen molar-refractivity contribution >= 4 is 47.3 Å². The van der Waals surface area contributed by atoms with E-state index in [-0.39, 0.29) is 41.1 Å². The summed E-state index contributed by atoms with van der Waals surface area (Å²) in [4.78, 5) is 42.2. The second-order valence-electron chi connectivity index (χ2n) is 13.2. The third kappa shape index (κ3) is 5.04. The number of amides is 2. The standard InChI is InChI=1S/C34H44N2O8SSi/c1-20(2)46(21(3)4,22(5)6)28-19-26(33(38)43-8)30(32(37)35-17-18-44-34(35)39)31-29(28)25-11-9-10-12-27(25)36(31)45(40,41)24-15-13-23(42-7)14-16-24/h9-16,20-22,26,30-31H,17-19H2,1-8H3/t26-,30+,31+/m0/s1. The highest BCUT2D eigenvalue weighted by Gasteiger charge is 2.60. The number of benzene rings is 2. The first-order valence-corrected chi connectivity index (χ1v) is 19.5. The molecular formula is C34H44N2O8SSi. The molecule has 5 rings (SSSR count). The summed E-state index contributed by atoms with van der Waals surface area (Å²) in [5, 5.41) is 1.08. The van der Waals surface area contributed by atoms with Gasteiger partial charge in [0.1, 0.15) is 12.4 Å². The average Bonchev–Trinajstić information content (AvgIpc) is 3.61. The molecular weight excluding hydrogens is 625 g/mol. The number of fused-ring (bicyclic) bond motifs is 3. The van der Waals surface area contributed by atoms with Crippen LogP contribution in [0, 0.1) is 11.8 Å². The smallest absolute Gasteiger partial charge is 0.416 e. The molecule has 1 saturated heterocycles. The molecule has 1 aliphatic carbocycles. The second-order valence-corrected chi connectivity index (χ2v) is 20.9. The van der Waals surface area contributed by atoms with Crippen molar-refractivity contribution in [2.75, 3.05) is 31.7 Å². The van der Waals surface area contributed by atoms with Crippen LogP contribution in [0.1, 0.15) is 53.5 Å². The molecule has 0 saturated carbocycles. The zero-order valence-electron chi connectivity index (χ0n) is 27.8. The Hall–Kier alpha value is -3.64. The molecule has 0 unspecified atom stereocenters. The first-order chi connectivity index (χ1) is 21.7. The molecule has 12 heteroatoms. The number of imide groups is 1. The van der Waals surface area contributed by atoms with E-state index in [2.05, 4.69) is 41.5 Å². The van der Waals surface area contributed by atoms with Gasteiger partial charge in [-0.2, -0.15) is 0 Å². The van der Waals surface area contributed by atoms with E-state index in [0.717, 1.165) is 21.2 Å². The molecule has 1 fully saturated rings. The van der Waals surface area contributed by atoms with Gasteiger partial charge in [-0.3, -0.25) is 13.9 Å². The lowest BCUT2D eigenvalue weighted by Gasteiger charge is -2.50. The van der Waals surface area contributed by atoms with Gasteiger partial charge in [0.2, 0.25) is 5.91 Å².